The van der Waals surface area contributed by atoms with Gasteiger partial charge in [0.05, 0.1) is 5.25 Å². The average molecular weight is 246 g/mol. The van der Waals surface area contributed by atoms with Gasteiger partial charge in [0.1, 0.15) is 5.71 Å². The lowest BCUT2D eigenvalue weighted by atomic mass is 10.1. The van der Waals surface area contributed by atoms with E-state index in [0.717, 1.165) is 5.75 Å². The van der Waals surface area contributed by atoms with Gasteiger partial charge in [0.15, 0.2) is 10.8 Å². The number of carbonyl (C=O) groups excluding carboxylic acids is 1. The van der Waals surface area contributed by atoms with Crippen molar-refractivity contribution >= 4 is 33.3 Å². The van der Waals surface area contributed by atoms with Gasteiger partial charge in [0.25, 0.3) is 10.0 Å². The minimum Gasteiger partial charge on any atom is -0.293 e. The van der Waals surface area contributed by atoms with Crippen molar-refractivity contribution in [2.75, 3.05) is 12.8 Å². The Labute approximate surface area is 92.1 Å². The van der Waals surface area contributed by atoms with Gasteiger partial charge in [-0.1, -0.05) is 0 Å². The second-order valence-corrected chi connectivity index (χ2v) is 6.26. The molecule has 2 aliphatic rings. The van der Waals surface area contributed by atoms with E-state index in [0.29, 0.717) is 12.1 Å². The zero-order chi connectivity index (χ0) is 11.1. The molecular formula is C8H10N2O3S2. The van der Waals surface area contributed by atoms with Crippen molar-refractivity contribution < 1.29 is 13.2 Å². The van der Waals surface area contributed by atoms with E-state index in [-0.39, 0.29) is 16.1 Å². The van der Waals surface area contributed by atoms with Crippen LogP contribution < -0.4 is 4.72 Å². The van der Waals surface area contributed by atoms with Crippen molar-refractivity contribution in [2.24, 2.45) is 4.99 Å². The highest BCUT2D eigenvalue weighted by Crippen LogP contribution is 2.30. The number of rotatable bonds is 2. The molecule has 15 heavy (non-hydrogen) atoms. The van der Waals surface area contributed by atoms with Gasteiger partial charge in [-0.05, 0) is 13.1 Å². The summed E-state index contributed by atoms with van der Waals surface area (Å²) in [7, 11) is -2.19. The number of hydrogen-bond acceptors (Lipinski definition) is 5. The lowest BCUT2D eigenvalue weighted by Gasteiger charge is -2.15. The third-order valence-corrected chi connectivity index (χ3v) is 4.72. The van der Waals surface area contributed by atoms with Gasteiger partial charge in [0, 0.05) is 12.2 Å². The summed E-state index contributed by atoms with van der Waals surface area (Å²) in [5, 5.41) is -0.211. The van der Waals surface area contributed by atoms with E-state index < -0.39 is 10.0 Å². The van der Waals surface area contributed by atoms with E-state index in [2.05, 4.69) is 9.71 Å². The third-order valence-electron chi connectivity index (χ3n) is 2.25. The highest BCUT2D eigenvalue weighted by molar-refractivity contribution is 8.01. The Balaban J connectivity index is 2.37. The number of ketones is 1. The van der Waals surface area contributed by atoms with Gasteiger partial charge in [-0.3, -0.25) is 4.79 Å². The molecule has 0 aromatic carbocycles. The number of sulfonamides is 1. The van der Waals surface area contributed by atoms with Gasteiger partial charge < -0.3 is 0 Å². The van der Waals surface area contributed by atoms with E-state index >= 15 is 0 Å². The summed E-state index contributed by atoms with van der Waals surface area (Å²) in [4.78, 5) is 15.3. The predicted octanol–water partition coefficient (Wildman–Crippen LogP) is -0.0938. The van der Waals surface area contributed by atoms with Crippen LogP contribution in [0.2, 0.25) is 0 Å². The molecule has 0 bridgehead atoms. The highest BCUT2D eigenvalue weighted by atomic mass is 32.2. The van der Waals surface area contributed by atoms with Crippen LogP contribution in [-0.4, -0.2) is 38.0 Å². The van der Waals surface area contributed by atoms with Crippen molar-refractivity contribution in [2.45, 2.75) is 11.7 Å². The second kappa shape index (κ2) is 3.73. The maximum absolute atomic E-state index is 11.4. The molecule has 0 aromatic heterocycles. The molecule has 0 spiro atoms. The Kier molecular flexibility index (Phi) is 2.70. The van der Waals surface area contributed by atoms with Crippen LogP contribution in [0, 0.1) is 0 Å². The molecule has 0 aromatic rings. The summed E-state index contributed by atoms with van der Waals surface area (Å²) in [5.41, 5.74) is 0.375. The van der Waals surface area contributed by atoms with Crippen LogP contribution in [0.1, 0.15) is 6.42 Å². The van der Waals surface area contributed by atoms with Gasteiger partial charge in [0.2, 0.25) is 0 Å². The first kappa shape index (κ1) is 10.8. The molecule has 0 aliphatic carbocycles. The molecule has 2 heterocycles. The molecular weight excluding hydrogens is 236 g/mol. The number of hydrogen-bond donors (Lipinski definition) is 1. The fourth-order valence-corrected chi connectivity index (χ4v) is 3.39. The van der Waals surface area contributed by atoms with Crippen molar-refractivity contribution in [1.29, 1.82) is 0 Å². The molecule has 1 fully saturated rings. The number of nitrogens with zero attached hydrogens (tertiary/aromatic N) is 1. The maximum Gasteiger partial charge on any atom is 0.257 e. The summed E-state index contributed by atoms with van der Waals surface area (Å²) < 4.78 is 25.1. The maximum atomic E-state index is 11.4. The summed E-state index contributed by atoms with van der Waals surface area (Å²) in [5.74, 6) is 0.683. The lowest BCUT2D eigenvalue weighted by molar-refractivity contribution is -0.112. The van der Waals surface area contributed by atoms with E-state index in [1.165, 1.54) is 13.1 Å². The number of fused-ring (bicyclic) bond motifs is 1. The molecule has 0 radical (unpaired) electrons. The highest BCUT2D eigenvalue weighted by Gasteiger charge is 2.34. The fraction of sp³-hybridized carbons (Fsp3) is 0.500. The Morgan fingerprint density at radius 2 is 2.33 bits per heavy atom. The largest absolute Gasteiger partial charge is 0.293 e. The first-order valence-electron chi connectivity index (χ1n) is 4.43. The molecule has 1 N–H and O–H groups in total. The third kappa shape index (κ3) is 1.86. The van der Waals surface area contributed by atoms with Crippen molar-refractivity contribution in [1.82, 2.24) is 4.72 Å². The minimum absolute atomic E-state index is 0.0345. The van der Waals surface area contributed by atoms with Crippen molar-refractivity contribution in [3.05, 3.63) is 11.1 Å². The number of aliphatic imine (C=N–C) groups is 1. The zero-order valence-corrected chi connectivity index (χ0v) is 9.69. The monoisotopic (exact) mass is 246 g/mol. The standard InChI is InChI=1S/C8H10N2O3S2/c1-9-15(12,13)7-4-6-8(10-7)5(11)2-3-14-6/h4,6,9H,2-3H2,1H3. The molecule has 2 rings (SSSR count). The Morgan fingerprint density at radius 1 is 1.60 bits per heavy atom. The first-order chi connectivity index (χ1) is 7.04. The van der Waals surface area contributed by atoms with Gasteiger partial charge >= 0.3 is 0 Å². The van der Waals surface area contributed by atoms with Crippen LogP contribution in [0.15, 0.2) is 16.1 Å². The van der Waals surface area contributed by atoms with E-state index in [1.54, 1.807) is 11.8 Å². The molecule has 82 valence electrons. The number of carbonyl (C=O) groups is 1. The van der Waals surface area contributed by atoms with Crippen LogP contribution in [0.5, 0.6) is 0 Å². The molecule has 1 unspecified atom stereocenters. The van der Waals surface area contributed by atoms with Crippen molar-refractivity contribution in [3.8, 4) is 0 Å². The Morgan fingerprint density at radius 3 is 2.93 bits per heavy atom. The Hall–Kier alpha value is -0.660. The summed E-state index contributed by atoms with van der Waals surface area (Å²) in [6, 6.07) is 0. The second-order valence-electron chi connectivity index (χ2n) is 3.17. The first-order valence-corrected chi connectivity index (χ1v) is 6.96. The van der Waals surface area contributed by atoms with Gasteiger partial charge in [-0.25, -0.2) is 18.1 Å². The summed E-state index contributed by atoms with van der Waals surface area (Å²) in [6.45, 7) is 0. The van der Waals surface area contributed by atoms with Crippen molar-refractivity contribution in [3.63, 3.8) is 0 Å². The molecule has 2 aliphatic heterocycles. The molecule has 5 nitrogen and oxygen atoms in total. The summed E-state index contributed by atoms with van der Waals surface area (Å²) in [6.07, 6.45) is 1.98. The molecule has 1 atom stereocenters. The van der Waals surface area contributed by atoms with Gasteiger partial charge in [-0.15, -0.1) is 11.8 Å². The summed E-state index contributed by atoms with van der Waals surface area (Å²) >= 11 is 1.55. The topological polar surface area (TPSA) is 75.6 Å². The number of nitrogens with one attached hydrogen (secondary N) is 1. The molecule has 1 saturated heterocycles. The quantitative estimate of drug-likeness (QED) is 0.738. The minimum atomic E-state index is -3.52. The van der Waals surface area contributed by atoms with Crippen LogP contribution in [0.3, 0.4) is 0 Å². The van der Waals surface area contributed by atoms with E-state index in [1.807, 2.05) is 0 Å². The smallest absolute Gasteiger partial charge is 0.257 e. The van der Waals surface area contributed by atoms with Gasteiger partial charge in [-0.2, -0.15) is 0 Å². The lowest BCUT2D eigenvalue weighted by Crippen LogP contribution is -2.27. The number of Topliss-reactive ketones (excluding diaryl/α,β-unsaturated/α-hetero) is 1. The normalized spacial score (nSPS) is 25.9. The van der Waals surface area contributed by atoms with E-state index in [9.17, 15) is 13.2 Å². The molecule has 0 amide bonds. The Bertz CT molecular complexity index is 464. The average Bonchev–Trinajstić information content (AvgIpc) is 2.64. The SMILES string of the molecule is CNS(=O)(=O)C1=CC2SCCC(=O)C2=N1. The van der Waals surface area contributed by atoms with Crippen LogP contribution in [0.25, 0.3) is 0 Å². The fourth-order valence-electron chi connectivity index (χ4n) is 1.44. The molecule has 0 saturated carbocycles. The predicted molar refractivity (Wildman–Crippen MR) is 59.4 cm³/mol. The van der Waals surface area contributed by atoms with E-state index in [4.69, 9.17) is 0 Å². The molecule has 7 heteroatoms. The van der Waals surface area contributed by atoms with Crippen LogP contribution >= 0.6 is 11.8 Å². The number of thioether (sulfide) groups is 1. The zero-order valence-electron chi connectivity index (χ0n) is 8.06. The van der Waals surface area contributed by atoms with Crippen LogP contribution in [0.4, 0.5) is 0 Å². The van der Waals surface area contributed by atoms with Crippen LogP contribution in [-0.2, 0) is 14.8 Å².